The summed E-state index contributed by atoms with van der Waals surface area (Å²) in [5, 5.41) is 11.6. The van der Waals surface area contributed by atoms with Crippen LogP contribution < -0.4 is 5.32 Å². The molecule has 1 aromatic rings. The number of ether oxygens (including phenoxy) is 1. The minimum atomic E-state index is -1.07. The van der Waals surface area contributed by atoms with Gasteiger partial charge in [-0.25, -0.2) is 9.59 Å². The third kappa shape index (κ3) is 4.87. The summed E-state index contributed by atoms with van der Waals surface area (Å²) in [4.78, 5) is 25.1. The first-order valence-electron chi connectivity index (χ1n) is 7.79. The Bertz CT molecular complexity index is 553. The van der Waals surface area contributed by atoms with Crippen LogP contribution in [0.3, 0.4) is 0 Å². The monoisotopic (exact) mass is 320 g/mol. The molecular formula is C17H24N2O4. The molecule has 1 saturated heterocycles. The maximum atomic E-state index is 12.4. The van der Waals surface area contributed by atoms with Gasteiger partial charge in [0.15, 0.2) is 0 Å². The average molecular weight is 320 g/mol. The van der Waals surface area contributed by atoms with Crippen molar-refractivity contribution in [3.63, 3.8) is 0 Å². The molecule has 0 spiro atoms. The summed E-state index contributed by atoms with van der Waals surface area (Å²) in [6.07, 6.45) is -0.291. The van der Waals surface area contributed by atoms with Gasteiger partial charge in [-0.15, -0.1) is 0 Å². The van der Waals surface area contributed by atoms with E-state index in [-0.39, 0.29) is 12.1 Å². The molecule has 1 aromatic carbocycles. The molecule has 2 amide bonds. The molecule has 1 aliphatic heterocycles. The van der Waals surface area contributed by atoms with Gasteiger partial charge >= 0.3 is 12.2 Å². The van der Waals surface area contributed by atoms with Gasteiger partial charge in [-0.3, -0.25) is 0 Å². The molecule has 2 unspecified atom stereocenters. The van der Waals surface area contributed by atoms with Crippen molar-refractivity contribution in [3.05, 3.63) is 35.9 Å². The number of amides is 2. The fourth-order valence-corrected chi connectivity index (χ4v) is 2.84. The van der Waals surface area contributed by atoms with Crippen LogP contribution in [0, 0.1) is 0 Å². The molecule has 23 heavy (non-hydrogen) atoms. The predicted molar refractivity (Wildman–Crippen MR) is 86.4 cm³/mol. The Morgan fingerprint density at radius 1 is 1.30 bits per heavy atom. The van der Waals surface area contributed by atoms with E-state index in [1.165, 1.54) is 0 Å². The van der Waals surface area contributed by atoms with Crippen LogP contribution in [0.25, 0.3) is 0 Å². The van der Waals surface area contributed by atoms with Gasteiger partial charge in [-0.2, -0.15) is 0 Å². The standard InChI is InChI=1S/C17H24N2O4/c1-17(2,3)23-16(22)19-10-9-13(18-15(20)21)14(19)11-12-7-5-4-6-8-12/h4-8,13-14,18H,9-11H2,1-3H3,(H,20,21). The van der Waals surface area contributed by atoms with Gasteiger partial charge in [0.1, 0.15) is 5.60 Å². The van der Waals surface area contributed by atoms with Gasteiger partial charge < -0.3 is 20.1 Å². The van der Waals surface area contributed by atoms with Gasteiger partial charge in [0.25, 0.3) is 0 Å². The summed E-state index contributed by atoms with van der Waals surface area (Å²) < 4.78 is 5.45. The molecule has 1 fully saturated rings. The predicted octanol–water partition coefficient (Wildman–Crippen LogP) is 2.87. The van der Waals surface area contributed by atoms with Crippen LogP contribution in [0.15, 0.2) is 30.3 Å². The number of likely N-dealkylation sites (tertiary alicyclic amines) is 1. The van der Waals surface area contributed by atoms with E-state index in [0.29, 0.717) is 19.4 Å². The zero-order valence-electron chi connectivity index (χ0n) is 13.8. The largest absolute Gasteiger partial charge is 0.465 e. The molecule has 0 aromatic heterocycles. The lowest BCUT2D eigenvalue weighted by atomic mass is 10.0. The number of hydrogen-bond donors (Lipinski definition) is 2. The lowest BCUT2D eigenvalue weighted by Crippen LogP contribution is -2.48. The molecule has 0 saturated carbocycles. The van der Waals surface area contributed by atoms with E-state index in [4.69, 9.17) is 9.84 Å². The molecule has 6 nitrogen and oxygen atoms in total. The van der Waals surface area contributed by atoms with Crippen LogP contribution in [0.5, 0.6) is 0 Å². The second kappa shape index (κ2) is 6.89. The fourth-order valence-electron chi connectivity index (χ4n) is 2.84. The fraction of sp³-hybridized carbons (Fsp3) is 0.529. The highest BCUT2D eigenvalue weighted by molar-refractivity contribution is 5.70. The molecule has 2 atom stereocenters. The van der Waals surface area contributed by atoms with E-state index in [2.05, 4.69) is 5.32 Å². The van der Waals surface area contributed by atoms with Crippen molar-refractivity contribution in [1.29, 1.82) is 0 Å². The molecule has 2 rings (SSSR count). The Labute approximate surface area is 136 Å². The van der Waals surface area contributed by atoms with Crippen LogP contribution in [-0.2, 0) is 11.2 Å². The van der Waals surface area contributed by atoms with E-state index >= 15 is 0 Å². The molecule has 0 radical (unpaired) electrons. The average Bonchev–Trinajstić information content (AvgIpc) is 2.80. The molecule has 2 N–H and O–H groups in total. The highest BCUT2D eigenvalue weighted by Gasteiger charge is 2.39. The van der Waals surface area contributed by atoms with E-state index in [1.54, 1.807) is 4.90 Å². The number of hydrogen-bond acceptors (Lipinski definition) is 3. The van der Waals surface area contributed by atoms with Crippen molar-refractivity contribution in [2.45, 2.75) is 51.3 Å². The van der Waals surface area contributed by atoms with E-state index < -0.39 is 17.8 Å². The Hall–Kier alpha value is -2.24. The summed E-state index contributed by atoms with van der Waals surface area (Å²) in [7, 11) is 0. The van der Waals surface area contributed by atoms with E-state index in [1.807, 2.05) is 51.1 Å². The molecule has 126 valence electrons. The smallest absolute Gasteiger partial charge is 0.410 e. The SMILES string of the molecule is CC(C)(C)OC(=O)N1CCC(NC(=O)O)C1Cc1ccccc1. The zero-order chi connectivity index (χ0) is 17.0. The minimum absolute atomic E-state index is 0.247. The lowest BCUT2D eigenvalue weighted by molar-refractivity contribution is 0.0215. The molecule has 0 aliphatic carbocycles. The van der Waals surface area contributed by atoms with E-state index in [9.17, 15) is 9.59 Å². The van der Waals surface area contributed by atoms with Crippen LogP contribution >= 0.6 is 0 Å². The Kier molecular flexibility index (Phi) is 5.13. The molecular weight excluding hydrogens is 296 g/mol. The van der Waals surface area contributed by atoms with Crippen molar-refractivity contribution in [1.82, 2.24) is 10.2 Å². The van der Waals surface area contributed by atoms with Gasteiger partial charge in [0.2, 0.25) is 0 Å². The zero-order valence-corrected chi connectivity index (χ0v) is 13.8. The summed E-state index contributed by atoms with van der Waals surface area (Å²) in [6, 6.07) is 9.20. The summed E-state index contributed by atoms with van der Waals surface area (Å²) in [5.41, 5.74) is 0.484. The first kappa shape index (κ1) is 17.1. The lowest BCUT2D eigenvalue weighted by Gasteiger charge is -2.30. The van der Waals surface area contributed by atoms with E-state index in [0.717, 1.165) is 5.56 Å². The third-order valence-corrected chi connectivity index (χ3v) is 3.77. The van der Waals surface area contributed by atoms with Crippen molar-refractivity contribution >= 4 is 12.2 Å². The number of rotatable bonds is 3. The number of carboxylic acid groups (broad SMARTS) is 1. The van der Waals surface area contributed by atoms with Gasteiger partial charge in [0, 0.05) is 6.54 Å². The van der Waals surface area contributed by atoms with Crippen molar-refractivity contribution in [2.24, 2.45) is 0 Å². The summed E-state index contributed by atoms with van der Waals surface area (Å²) in [5.74, 6) is 0. The summed E-state index contributed by atoms with van der Waals surface area (Å²) >= 11 is 0. The second-order valence-corrected chi connectivity index (χ2v) is 6.78. The number of benzene rings is 1. The van der Waals surface area contributed by atoms with Crippen molar-refractivity contribution in [2.75, 3.05) is 6.54 Å². The van der Waals surface area contributed by atoms with Crippen LogP contribution in [0.4, 0.5) is 9.59 Å². The minimum Gasteiger partial charge on any atom is -0.465 e. The van der Waals surface area contributed by atoms with Crippen molar-refractivity contribution < 1.29 is 19.4 Å². The van der Waals surface area contributed by atoms with Crippen molar-refractivity contribution in [3.8, 4) is 0 Å². The summed E-state index contributed by atoms with van der Waals surface area (Å²) in [6.45, 7) is 5.94. The Balaban J connectivity index is 2.16. The van der Waals surface area contributed by atoms with Gasteiger partial charge in [-0.05, 0) is 39.2 Å². The molecule has 1 aliphatic rings. The van der Waals surface area contributed by atoms with Crippen LogP contribution in [-0.4, -0.2) is 46.4 Å². The maximum Gasteiger partial charge on any atom is 0.410 e. The Morgan fingerprint density at radius 2 is 1.96 bits per heavy atom. The highest BCUT2D eigenvalue weighted by Crippen LogP contribution is 2.24. The number of nitrogens with zero attached hydrogens (tertiary/aromatic N) is 1. The number of carbonyl (C=O) groups excluding carboxylic acids is 1. The number of carbonyl (C=O) groups is 2. The first-order valence-corrected chi connectivity index (χ1v) is 7.79. The normalized spacial score (nSPS) is 21.1. The van der Waals surface area contributed by atoms with Crippen LogP contribution in [0.2, 0.25) is 0 Å². The molecule has 6 heteroatoms. The first-order chi connectivity index (χ1) is 10.8. The third-order valence-electron chi connectivity index (χ3n) is 3.77. The van der Waals surface area contributed by atoms with Crippen LogP contribution in [0.1, 0.15) is 32.8 Å². The van der Waals surface area contributed by atoms with Gasteiger partial charge in [-0.1, -0.05) is 30.3 Å². The molecule has 1 heterocycles. The quantitative estimate of drug-likeness (QED) is 0.897. The second-order valence-electron chi connectivity index (χ2n) is 6.78. The number of nitrogens with one attached hydrogen (secondary N) is 1. The maximum absolute atomic E-state index is 12.4. The topological polar surface area (TPSA) is 78.9 Å². The Morgan fingerprint density at radius 3 is 2.52 bits per heavy atom. The van der Waals surface area contributed by atoms with Gasteiger partial charge in [0.05, 0.1) is 12.1 Å². The highest BCUT2D eigenvalue weighted by atomic mass is 16.6. The molecule has 0 bridgehead atoms.